The molecule has 3 rings (SSSR count). The minimum atomic E-state index is -0.534. The molecule has 1 atom stereocenters. The third kappa shape index (κ3) is 2.52. The van der Waals surface area contributed by atoms with Gasteiger partial charge in [-0.15, -0.1) is 0 Å². The van der Waals surface area contributed by atoms with Crippen molar-refractivity contribution in [3.63, 3.8) is 0 Å². The zero-order chi connectivity index (χ0) is 17.2. The summed E-state index contributed by atoms with van der Waals surface area (Å²) in [4.78, 5) is 15.1. The fourth-order valence-corrected chi connectivity index (χ4v) is 3.48. The molecule has 1 unspecified atom stereocenters. The maximum Gasteiger partial charge on any atom is 0.258 e. The number of carbonyl (C=O) groups excluding carboxylic acids is 1. The van der Waals surface area contributed by atoms with Crippen molar-refractivity contribution in [2.24, 2.45) is 0 Å². The Kier molecular flexibility index (Phi) is 4.47. The topological polar surface area (TPSA) is 41.6 Å². The monoisotopic (exact) mass is 324 g/mol. The summed E-state index contributed by atoms with van der Waals surface area (Å²) in [5.74, 6) is 0.901. The van der Waals surface area contributed by atoms with E-state index in [1.807, 2.05) is 53.4 Å². The molecule has 0 saturated heterocycles. The summed E-state index contributed by atoms with van der Waals surface area (Å²) in [6, 6.07) is 15.7. The Bertz CT molecular complexity index is 727. The van der Waals surface area contributed by atoms with Crippen molar-refractivity contribution in [2.45, 2.75) is 32.4 Å². The molecule has 4 heteroatoms. The molecular formula is C20H24N2O2. The highest BCUT2D eigenvalue weighted by Gasteiger charge is 2.44. The molecule has 1 N–H and O–H groups in total. The molecule has 24 heavy (non-hydrogen) atoms. The molecule has 0 bridgehead atoms. The standard InChI is InChI=1S/C20H24N2O2/c1-4-14-22-19(23)17-8-6-7-9-18(17)21-20(22,5-2)15-10-12-16(24-3)13-11-15/h6-13,21H,4-5,14H2,1-3H3. The van der Waals surface area contributed by atoms with Gasteiger partial charge in [0.1, 0.15) is 11.4 Å². The average molecular weight is 324 g/mol. The second-order valence-electron chi connectivity index (χ2n) is 6.07. The number of carbonyl (C=O) groups is 1. The van der Waals surface area contributed by atoms with Crippen LogP contribution in [0, 0.1) is 0 Å². The van der Waals surface area contributed by atoms with Gasteiger partial charge < -0.3 is 15.0 Å². The first-order chi connectivity index (χ1) is 11.7. The van der Waals surface area contributed by atoms with E-state index < -0.39 is 5.66 Å². The number of nitrogens with zero attached hydrogens (tertiary/aromatic N) is 1. The van der Waals surface area contributed by atoms with Gasteiger partial charge in [0.2, 0.25) is 0 Å². The van der Waals surface area contributed by atoms with E-state index in [-0.39, 0.29) is 5.91 Å². The first-order valence-corrected chi connectivity index (χ1v) is 8.50. The van der Waals surface area contributed by atoms with Crippen molar-refractivity contribution in [1.82, 2.24) is 4.90 Å². The lowest BCUT2D eigenvalue weighted by Crippen LogP contribution is -2.57. The summed E-state index contributed by atoms with van der Waals surface area (Å²) >= 11 is 0. The first-order valence-electron chi connectivity index (χ1n) is 8.50. The van der Waals surface area contributed by atoms with Crippen LogP contribution in [0.2, 0.25) is 0 Å². The molecule has 1 aliphatic heterocycles. The fourth-order valence-electron chi connectivity index (χ4n) is 3.48. The van der Waals surface area contributed by atoms with E-state index in [1.165, 1.54) is 0 Å². The molecule has 0 aromatic heterocycles. The Morgan fingerprint density at radius 2 is 1.79 bits per heavy atom. The summed E-state index contributed by atoms with van der Waals surface area (Å²) in [5, 5.41) is 3.64. The number of hydrogen-bond acceptors (Lipinski definition) is 3. The Balaban J connectivity index is 2.13. The third-order valence-electron chi connectivity index (χ3n) is 4.73. The molecule has 126 valence electrons. The lowest BCUT2D eigenvalue weighted by molar-refractivity contribution is 0.0483. The van der Waals surface area contributed by atoms with Gasteiger partial charge in [-0.05, 0) is 42.7 Å². The van der Waals surface area contributed by atoms with Gasteiger partial charge in [0.15, 0.2) is 0 Å². The molecule has 0 saturated carbocycles. The van der Waals surface area contributed by atoms with Crippen molar-refractivity contribution in [1.29, 1.82) is 0 Å². The number of ether oxygens (including phenoxy) is 1. The highest BCUT2D eigenvalue weighted by molar-refractivity contribution is 6.02. The minimum absolute atomic E-state index is 0.0869. The summed E-state index contributed by atoms with van der Waals surface area (Å²) < 4.78 is 5.27. The number of amides is 1. The maximum atomic E-state index is 13.1. The third-order valence-corrected chi connectivity index (χ3v) is 4.73. The quantitative estimate of drug-likeness (QED) is 0.894. The zero-order valence-corrected chi connectivity index (χ0v) is 14.5. The molecule has 1 aliphatic rings. The van der Waals surface area contributed by atoms with Crippen LogP contribution >= 0.6 is 0 Å². The van der Waals surface area contributed by atoms with Gasteiger partial charge in [-0.1, -0.05) is 38.1 Å². The van der Waals surface area contributed by atoms with Gasteiger partial charge in [-0.25, -0.2) is 0 Å². The van der Waals surface area contributed by atoms with Crippen LogP contribution in [0.3, 0.4) is 0 Å². The number of benzene rings is 2. The lowest BCUT2D eigenvalue weighted by Gasteiger charge is -2.48. The zero-order valence-electron chi connectivity index (χ0n) is 14.5. The van der Waals surface area contributed by atoms with Gasteiger partial charge in [-0.2, -0.15) is 0 Å². The van der Waals surface area contributed by atoms with Gasteiger partial charge in [0, 0.05) is 12.2 Å². The van der Waals surface area contributed by atoms with E-state index in [0.29, 0.717) is 6.54 Å². The van der Waals surface area contributed by atoms with Crippen LogP contribution in [0.1, 0.15) is 42.6 Å². The maximum absolute atomic E-state index is 13.1. The highest BCUT2D eigenvalue weighted by atomic mass is 16.5. The first kappa shape index (κ1) is 16.4. The lowest BCUT2D eigenvalue weighted by atomic mass is 9.89. The Labute approximate surface area is 143 Å². The summed E-state index contributed by atoms with van der Waals surface area (Å²) in [5.41, 5.74) is 2.17. The number of para-hydroxylation sites is 1. The van der Waals surface area contributed by atoms with Crippen LogP contribution in [-0.2, 0) is 5.66 Å². The van der Waals surface area contributed by atoms with E-state index in [4.69, 9.17) is 4.74 Å². The van der Waals surface area contributed by atoms with Gasteiger partial charge >= 0.3 is 0 Å². The molecule has 0 spiro atoms. The molecule has 1 heterocycles. The largest absolute Gasteiger partial charge is 0.497 e. The number of methoxy groups -OCH3 is 1. The highest BCUT2D eigenvalue weighted by Crippen LogP contribution is 2.40. The fraction of sp³-hybridized carbons (Fsp3) is 0.350. The minimum Gasteiger partial charge on any atom is -0.497 e. The molecule has 0 fully saturated rings. The van der Waals surface area contributed by atoms with Gasteiger partial charge in [0.25, 0.3) is 5.91 Å². The normalized spacial score (nSPS) is 19.6. The smallest absolute Gasteiger partial charge is 0.258 e. The molecule has 2 aromatic rings. The van der Waals surface area contributed by atoms with Crippen molar-refractivity contribution in [3.8, 4) is 5.75 Å². The summed E-state index contributed by atoms with van der Waals surface area (Å²) in [6.45, 7) is 4.92. The second-order valence-corrected chi connectivity index (χ2v) is 6.07. The molecule has 2 aromatic carbocycles. The Hall–Kier alpha value is -2.49. The van der Waals surface area contributed by atoms with E-state index in [2.05, 4.69) is 19.2 Å². The molecule has 0 radical (unpaired) electrons. The number of nitrogens with one attached hydrogen (secondary N) is 1. The van der Waals surface area contributed by atoms with E-state index in [0.717, 1.165) is 35.4 Å². The number of hydrogen-bond donors (Lipinski definition) is 1. The van der Waals surface area contributed by atoms with Crippen molar-refractivity contribution >= 4 is 11.6 Å². The Morgan fingerprint density at radius 1 is 1.08 bits per heavy atom. The van der Waals surface area contributed by atoms with Crippen molar-refractivity contribution in [3.05, 3.63) is 59.7 Å². The van der Waals surface area contributed by atoms with E-state index in [9.17, 15) is 4.79 Å². The van der Waals surface area contributed by atoms with Crippen LogP contribution < -0.4 is 10.1 Å². The van der Waals surface area contributed by atoms with E-state index >= 15 is 0 Å². The number of rotatable bonds is 5. The van der Waals surface area contributed by atoms with Crippen molar-refractivity contribution in [2.75, 3.05) is 19.0 Å². The van der Waals surface area contributed by atoms with E-state index in [1.54, 1.807) is 7.11 Å². The van der Waals surface area contributed by atoms with Gasteiger partial charge in [0.05, 0.1) is 12.7 Å². The predicted molar refractivity (Wildman–Crippen MR) is 96.4 cm³/mol. The predicted octanol–water partition coefficient (Wildman–Crippen LogP) is 4.24. The second kappa shape index (κ2) is 6.56. The van der Waals surface area contributed by atoms with Crippen molar-refractivity contribution < 1.29 is 9.53 Å². The number of anilines is 1. The van der Waals surface area contributed by atoms with Crippen LogP contribution in [0.25, 0.3) is 0 Å². The molecule has 4 nitrogen and oxygen atoms in total. The molecular weight excluding hydrogens is 300 g/mol. The summed E-state index contributed by atoms with van der Waals surface area (Å²) in [6.07, 6.45) is 1.69. The van der Waals surface area contributed by atoms with Crippen LogP contribution in [0.15, 0.2) is 48.5 Å². The Morgan fingerprint density at radius 3 is 2.42 bits per heavy atom. The number of fused-ring (bicyclic) bond motifs is 1. The van der Waals surface area contributed by atoms with Gasteiger partial charge in [-0.3, -0.25) is 4.79 Å². The van der Waals surface area contributed by atoms with Crippen LogP contribution in [-0.4, -0.2) is 24.5 Å². The molecule has 1 amide bonds. The SMILES string of the molecule is CCCN1C(=O)c2ccccc2NC1(CC)c1ccc(OC)cc1. The average Bonchev–Trinajstić information content (AvgIpc) is 2.64. The summed E-state index contributed by atoms with van der Waals surface area (Å²) in [7, 11) is 1.66. The molecule has 0 aliphatic carbocycles. The van der Waals surface area contributed by atoms with Crippen LogP contribution in [0.5, 0.6) is 5.75 Å². The van der Waals surface area contributed by atoms with Crippen LogP contribution in [0.4, 0.5) is 5.69 Å².